The Hall–Kier alpha value is -3.55. The highest BCUT2D eigenvalue weighted by atomic mass is 19.1. The molecular formula is C20H16FNO6. The zero-order valence-corrected chi connectivity index (χ0v) is 15.1. The first-order valence-corrected chi connectivity index (χ1v) is 8.35. The van der Waals surface area contributed by atoms with E-state index in [0.717, 1.165) is 17.0 Å². The molecule has 0 radical (unpaired) electrons. The van der Waals surface area contributed by atoms with Gasteiger partial charge in [-0.2, -0.15) is 0 Å². The van der Waals surface area contributed by atoms with E-state index >= 15 is 0 Å². The molecule has 0 saturated heterocycles. The molecule has 144 valence electrons. The van der Waals surface area contributed by atoms with Gasteiger partial charge in [-0.05, 0) is 37.3 Å². The summed E-state index contributed by atoms with van der Waals surface area (Å²) in [6.45, 7) is 0.642. The minimum atomic E-state index is -1.23. The number of imide groups is 1. The van der Waals surface area contributed by atoms with Gasteiger partial charge in [-0.25, -0.2) is 9.18 Å². The smallest absolute Gasteiger partial charge is 0.329 e. The van der Waals surface area contributed by atoms with E-state index in [1.165, 1.54) is 32.2 Å². The standard InChI is InChI=1S/C20H16FNO6/c1-11(22-18(24)13-5-3-4-6-14(13)19(22)25)20(26)28-10-16(23)15-9-12(21)7-8-17(15)27-2/h3-9,11H,10H2,1-2H3/t11-/m1/s1. The summed E-state index contributed by atoms with van der Waals surface area (Å²) in [4.78, 5) is 50.2. The number of esters is 1. The van der Waals surface area contributed by atoms with Crippen molar-refractivity contribution in [3.05, 3.63) is 65.0 Å². The van der Waals surface area contributed by atoms with Gasteiger partial charge in [0.15, 0.2) is 6.61 Å². The number of amides is 2. The Bertz CT molecular complexity index is 951. The summed E-state index contributed by atoms with van der Waals surface area (Å²) in [7, 11) is 1.32. The van der Waals surface area contributed by atoms with Crippen LogP contribution in [0.2, 0.25) is 0 Å². The number of carbonyl (C=O) groups is 4. The van der Waals surface area contributed by atoms with Crippen LogP contribution in [0.3, 0.4) is 0 Å². The van der Waals surface area contributed by atoms with Crippen molar-refractivity contribution >= 4 is 23.6 Å². The molecule has 0 N–H and O–H groups in total. The molecule has 0 unspecified atom stereocenters. The number of rotatable bonds is 6. The summed E-state index contributed by atoms with van der Waals surface area (Å²) in [5.41, 5.74) is 0.323. The molecular weight excluding hydrogens is 369 g/mol. The van der Waals surface area contributed by atoms with Crippen molar-refractivity contribution in [3.63, 3.8) is 0 Å². The predicted molar refractivity (Wildman–Crippen MR) is 94.6 cm³/mol. The van der Waals surface area contributed by atoms with Crippen LogP contribution in [0.1, 0.15) is 38.0 Å². The van der Waals surface area contributed by atoms with Crippen LogP contribution in [-0.4, -0.2) is 48.2 Å². The molecule has 2 aromatic carbocycles. The number of nitrogens with zero attached hydrogens (tertiary/aromatic N) is 1. The molecule has 8 heteroatoms. The normalized spacial score (nSPS) is 13.9. The molecule has 3 rings (SSSR count). The lowest BCUT2D eigenvalue weighted by atomic mass is 10.1. The fourth-order valence-electron chi connectivity index (χ4n) is 2.90. The molecule has 1 atom stereocenters. The molecule has 28 heavy (non-hydrogen) atoms. The topological polar surface area (TPSA) is 90.0 Å². The Morgan fingerprint density at radius 2 is 1.68 bits per heavy atom. The zero-order valence-electron chi connectivity index (χ0n) is 15.1. The molecule has 0 spiro atoms. The molecule has 0 aliphatic carbocycles. The van der Waals surface area contributed by atoms with Crippen LogP contribution < -0.4 is 4.74 Å². The summed E-state index contributed by atoms with van der Waals surface area (Å²) in [5.74, 6) is -3.34. The minimum absolute atomic E-state index is 0.0799. The largest absolute Gasteiger partial charge is 0.496 e. The molecule has 0 fully saturated rings. The summed E-state index contributed by atoms with van der Waals surface area (Å²) < 4.78 is 23.3. The van der Waals surface area contributed by atoms with E-state index in [9.17, 15) is 23.6 Å². The Labute approximate surface area is 159 Å². The highest BCUT2D eigenvalue weighted by Crippen LogP contribution is 2.25. The van der Waals surface area contributed by atoms with Crippen molar-refractivity contribution in [2.45, 2.75) is 13.0 Å². The summed E-state index contributed by atoms with van der Waals surface area (Å²) in [6, 6.07) is 8.37. The van der Waals surface area contributed by atoms with Crippen molar-refractivity contribution in [1.29, 1.82) is 0 Å². The van der Waals surface area contributed by atoms with E-state index in [0.29, 0.717) is 0 Å². The first-order chi connectivity index (χ1) is 13.3. The van der Waals surface area contributed by atoms with E-state index in [1.54, 1.807) is 12.1 Å². The van der Waals surface area contributed by atoms with E-state index in [1.807, 2.05) is 0 Å². The molecule has 1 heterocycles. The fourth-order valence-corrected chi connectivity index (χ4v) is 2.90. The quantitative estimate of drug-likeness (QED) is 0.430. The van der Waals surface area contributed by atoms with Gasteiger partial charge in [0.1, 0.15) is 17.6 Å². The highest BCUT2D eigenvalue weighted by molar-refractivity contribution is 6.22. The summed E-state index contributed by atoms with van der Waals surface area (Å²) >= 11 is 0. The van der Waals surface area contributed by atoms with Gasteiger partial charge in [0, 0.05) is 0 Å². The van der Waals surface area contributed by atoms with Gasteiger partial charge in [-0.3, -0.25) is 19.3 Å². The maximum Gasteiger partial charge on any atom is 0.329 e. The van der Waals surface area contributed by atoms with Gasteiger partial charge in [-0.1, -0.05) is 12.1 Å². The number of Topliss-reactive ketones (excluding diaryl/α,β-unsaturated/α-hetero) is 1. The van der Waals surface area contributed by atoms with Crippen LogP contribution in [-0.2, 0) is 9.53 Å². The van der Waals surface area contributed by atoms with Crippen molar-refractivity contribution < 1.29 is 33.0 Å². The van der Waals surface area contributed by atoms with Crippen LogP contribution in [0.15, 0.2) is 42.5 Å². The summed E-state index contributed by atoms with van der Waals surface area (Å²) in [5, 5.41) is 0. The second-order valence-corrected chi connectivity index (χ2v) is 6.08. The lowest BCUT2D eigenvalue weighted by Crippen LogP contribution is -2.44. The number of hydrogen-bond acceptors (Lipinski definition) is 6. The number of halogens is 1. The molecule has 0 saturated carbocycles. The van der Waals surface area contributed by atoms with E-state index in [4.69, 9.17) is 9.47 Å². The Morgan fingerprint density at radius 3 is 2.25 bits per heavy atom. The number of fused-ring (bicyclic) bond motifs is 1. The van der Waals surface area contributed by atoms with Gasteiger partial charge in [0.05, 0.1) is 23.8 Å². The number of carbonyl (C=O) groups excluding carboxylic acids is 4. The number of hydrogen-bond donors (Lipinski definition) is 0. The molecule has 1 aliphatic rings. The SMILES string of the molecule is COc1ccc(F)cc1C(=O)COC(=O)[C@@H](C)N1C(=O)c2ccccc2C1=O. The predicted octanol–water partition coefficient (Wildman–Crippen LogP) is 2.24. The van der Waals surface area contributed by atoms with Crippen molar-refractivity contribution in [1.82, 2.24) is 4.90 Å². The highest BCUT2D eigenvalue weighted by Gasteiger charge is 2.41. The molecule has 0 bridgehead atoms. The monoisotopic (exact) mass is 385 g/mol. The van der Waals surface area contributed by atoms with E-state index in [-0.39, 0.29) is 22.4 Å². The average molecular weight is 385 g/mol. The number of ether oxygens (including phenoxy) is 2. The molecule has 2 aromatic rings. The van der Waals surface area contributed by atoms with Crippen LogP contribution in [0.5, 0.6) is 5.75 Å². The van der Waals surface area contributed by atoms with Gasteiger partial charge in [0.25, 0.3) is 11.8 Å². The number of benzene rings is 2. The Kier molecular flexibility index (Phi) is 5.21. The van der Waals surface area contributed by atoms with Gasteiger partial charge in [-0.15, -0.1) is 0 Å². The van der Waals surface area contributed by atoms with Gasteiger partial charge >= 0.3 is 5.97 Å². The fraction of sp³-hybridized carbons (Fsp3) is 0.200. The van der Waals surface area contributed by atoms with Crippen molar-refractivity contribution in [2.75, 3.05) is 13.7 Å². The van der Waals surface area contributed by atoms with Crippen molar-refractivity contribution in [2.24, 2.45) is 0 Å². The lowest BCUT2D eigenvalue weighted by molar-refractivity contribution is -0.146. The maximum atomic E-state index is 13.4. The molecule has 7 nitrogen and oxygen atoms in total. The first-order valence-electron chi connectivity index (χ1n) is 8.35. The van der Waals surface area contributed by atoms with Crippen LogP contribution in [0.25, 0.3) is 0 Å². The molecule has 2 amide bonds. The van der Waals surface area contributed by atoms with Crippen LogP contribution >= 0.6 is 0 Å². The third kappa shape index (κ3) is 3.36. The van der Waals surface area contributed by atoms with Gasteiger partial charge in [0.2, 0.25) is 5.78 Å². The van der Waals surface area contributed by atoms with Crippen molar-refractivity contribution in [3.8, 4) is 5.75 Å². The summed E-state index contributed by atoms with van der Waals surface area (Å²) in [6.07, 6.45) is 0. The van der Waals surface area contributed by atoms with Crippen LogP contribution in [0.4, 0.5) is 4.39 Å². The first kappa shape index (κ1) is 19.2. The minimum Gasteiger partial charge on any atom is -0.496 e. The van der Waals surface area contributed by atoms with Gasteiger partial charge < -0.3 is 9.47 Å². The maximum absolute atomic E-state index is 13.4. The number of ketones is 1. The second kappa shape index (κ2) is 7.59. The number of methoxy groups -OCH3 is 1. The third-order valence-corrected chi connectivity index (χ3v) is 4.36. The van der Waals surface area contributed by atoms with E-state index in [2.05, 4.69) is 0 Å². The van der Waals surface area contributed by atoms with E-state index < -0.39 is 42.0 Å². The van der Waals surface area contributed by atoms with Crippen LogP contribution in [0, 0.1) is 5.82 Å². The second-order valence-electron chi connectivity index (χ2n) is 6.08. The lowest BCUT2D eigenvalue weighted by Gasteiger charge is -2.20. The Morgan fingerprint density at radius 1 is 1.07 bits per heavy atom. The zero-order chi connectivity index (χ0) is 20.4. The molecule has 1 aliphatic heterocycles. The third-order valence-electron chi connectivity index (χ3n) is 4.36. The molecule has 0 aromatic heterocycles. The Balaban J connectivity index is 1.69. The average Bonchev–Trinajstić information content (AvgIpc) is 2.96.